The highest BCUT2D eigenvalue weighted by molar-refractivity contribution is 5.63. The molecule has 0 aliphatic carbocycles. The summed E-state index contributed by atoms with van der Waals surface area (Å²) in [4.78, 5) is 21.3. The number of rotatable bonds is 6. The normalized spacial score (nSPS) is 10.3. The lowest BCUT2D eigenvalue weighted by atomic mass is 10.2. The fourth-order valence-corrected chi connectivity index (χ4v) is 2.12. The Kier molecular flexibility index (Phi) is 4.21. The first kappa shape index (κ1) is 15.3. The van der Waals surface area contributed by atoms with E-state index in [-0.39, 0.29) is 30.5 Å². The van der Waals surface area contributed by atoms with Gasteiger partial charge in [0.05, 0.1) is 18.8 Å². The zero-order valence-corrected chi connectivity index (χ0v) is 12.3. The Balaban J connectivity index is 2.07. The van der Waals surface area contributed by atoms with E-state index in [1.807, 2.05) is 30.3 Å². The Morgan fingerprint density at radius 2 is 2.08 bits per heavy atom. The smallest absolute Gasteiger partial charge is 0.382 e. The molecular weight excluding hydrogens is 314 g/mol. The molecule has 24 heavy (non-hydrogen) atoms. The van der Waals surface area contributed by atoms with Crippen LogP contribution in [-0.4, -0.2) is 32.4 Å². The maximum atomic E-state index is 10.9. The van der Waals surface area contributed by atoms with Gasteiger partial charge in [0.15, 0.2) is 0 Å². The van der Waals surface area contributed by atoms with Gasteiger partial charge in [-0.05, 0) is 15.4 Å². The molecule has 2 heterocycles. The van der Waals surface area contributed by atoms with Gasteiger partial charge in [0.25, 0.3) is 5.88 Å². The minimum atomic E-state index is -0.584. The topological polar surface area (TPSA) is 131 Å². The first-order valence-electron chi connectivity index (χ1n) is 6.92. The van der Waals surface area contributed by atoms with Gasteiger partial charge in [0.2, 0.25) is 0 Å². The van der Waals surface area contributed by atoms with Gasteiger partial charge in [-0.2, -0.15) is 0 Å². The molecule has 10 nitrogen and oxygen atoms in total. The van der Waals surface area contributed by atoms with Gasteiger partial charge in [-0.3, -0.25) is 4.40 Å². The lowest BCUT2D eigenvalue weighted by Gasteiger charge is -2.06. The number of ether oxygens (including phenoxy) is 1. The Labute approximate surface area is 135 Å². The van der Waals surface area contributed by atoms with Crippen molar-refractivity contribution in [1.82, 2.24) is 14.4 Å². The average Bonchev–Trinajstić information content (AvgIpc) is 3.04. The van der Waals surface area contributed by atoms with E-state index in [4.69, 9.17) is 10.3 Å². The van der Waals surface area contributed by atoms with Crippen LogP contribution in [0.3, 0.4) is 0 Å². The first-order valence-corrected chi connectivity index (χ1v) is 6.92. The average molecular weight is 325 g/mol. The maximum absolute atomic E-state index is 10.9. The summed E-state index contributed by atoms with van der Waals surface area (Å²) in [6, 6.07) is 9.33. The fraction of sp³-hybridized carbons (Fsp3) is 0.143. The molecule has 3 rings (SSSR count). The Morgan fingerprint density at radius 3 is 2.79 bits per heavy atom. The second kappa shape index (κ2) is 6.63. The van der Waals surface area contributed by atoms with Gasteiger partial charge in [-0.1, -0.05) is 35.4 Å². The molecular formula is C14H11N7O3. The second-order valence-corrected chi connectivity index (χ2v) is 4.69. The third kappa shape index (κ3) is 3.08. The summed E-state index contributed by atoms with van der Waals surface area (Å²) in [5.74, 6) is -0.167. The van der Waals surface area contributed by atoms with Gasteiger partial charge >= 0.3 is 11.5 Å². The van der Waals surface area contributed by atoms with E-state index in [2.05, 4.69) is 20.0 Å². The van der Waals surface area contributed by atoms with Crippen molar-refractivity contribution in [2.75, 3.05) is 13.2 Å². The van der Waals surface area contributed by atoms with Crippen LogP contribution in [0.15, 0.2) is 47.8 Å². The number of azide groups is 1. The summed E-state index contributed by atoms with van der Waals surface area (Å²) in [5.41, 5.74) is 9.92. The quantitative estimate of drug-likeness (QED) is 0.172. The van der Waals surface area contributed by atoms with E-state index in [9.17, 15) is 10.1 Å². The summed E-state index contributed by atoms with van der Waals surface area (Å²) < 4.78 is 6.99. The van der Waals surface area contributed by atoms with Crippen LogP contribution in [0.1, 0.15) is 0 Å². The number of aromatic nitrogens is 3. The molecule has 0 spiro atoms. The summed E-state index contributed by atoms with van der Waals surface area (Å²) in [7, 11) is 0. The van der Waals surface area contributed by atoms with Gasteiger partial charge in [0.1, 0.15) is 6.20 Å². The molecule has 3 aromatic rings. The number of hydrogen-bond acceptors (Lipinski definition) is 6. The monoisotopic (exact) mass is 325 g/mol. The SMILES string of the molecule is [N-]=[N+]=NCCOc1nc(-c2ccccc2)cn2cc([N+](=O)[O-])nc12. The van der Waals surface area contributed by atoms with Gasteiger partial charge in [0, 0.05) is 16.7 Å². The van der Waals surface area contributed by atoms with Crippen molar-refractivity contribution in [3.05, 3.63) is 63.3 Å². The van der Waals surface area contributed by atoms with Crippen molar-refractivity contribution in [3.8, 4) is 17.1 Å². The van der Waals surface area contributed by atoms with Crippen LogP contribution in [0.5, 0.6) is 5.88 Å². The summed E-state index contributed by atoms with van der Waals surface area (Å²) in [6.07, 6.45) is 2.94. The number of hydrogen-bond donors (Lipinski definition) is 0. The van der Waals surface area contributed by atoms with Crippen LogP contribution in [0, 0.1) is 10.1 Å². The van der Waals surface area contributed by atoms with Crippen LogP contribution >= 0.6 is 0 Å². The highest BCUT2D eigenvalue weighted by Gasteiger charge is 2.20. The molecule has 0 amide bonds. The van der Waals surface area contributed by atoms with Crippen LogP contribution in [-0.2, 0) is 0 Å². The van der Waals surface area contributed by atoms with Gasteiger partial charge in [-0.15, -0.1) is 0 Å². The molecule has 10 heteroatoms. The molecule has 0 atom stereocenters. The Hall–Kier alpha value is -3.65. The Bertz CT molecular complexity index is 932. The number of nitro groups is 1. The van der Waals surface area contributed by atoms with Gasteiger partial charge < -0.3 is 14.9 Å². The van der Waals surface area contributed by atoms with Crippen LogP contribution < -0.4 is 4.74 Å². The van der Waals surface area contributed by atoms with E-state index in [0.29, 0.717) is 5.69 Å². The lowest BCUT2D eigenvalue weighted by molar-refractivity contribution is -0.389. The first-order chi connectivity index (χ1) is 11.7. The highest BCUT2D eigenvalue weighted by atomic mass is 16.6. The number of nitrogens with zero attached hydrogens (tertiary/aromatic N) is 7. The molecule has 0 fully saturated rings. The fourth-order valence-electron chi connectivity index (χ4n) is 2.12. The molecule has 0 saturated heterocycles. The third-order valence-electron chi connectivity index (χ3n) is 3.14. The van der Waals surface area contributed by atoms with E-state index in [1.165, 1.54) is 10.6 Å². The molecule has 0 N–H and O–H groups in total. The minimum absolute atomic E-state index is 0.0889. The number of fused-ring (bicyclic) bond motifs is 1. The minimum Gasteiger partial charge on any atom is -0.473 e. The van der Waals surface area contributed by atoms with Crippen LogP contribution in [0.25, 0.3) is 27.3 Å². The predicted molar refractivity (Wildman–Crippen MR) is 84.6 cm³/mol. The van der Waals surface area contributed by atoms with E-state index < -0.39 is 4.92 Å². The highest BCUT2D eigenvalue weighted by Crippen LogP contribution is 2.25. The molecule has 0 unspecified atom stereocenters. The predicted octanol–water partition coefficient (Wildman–Crippen LogP) is 2.99. The largest absolute Gasteiger partial charge is 0.473 e. The maximum Gasteiger partial charge on any atom is 0.382 e. The summed E-state index contributed by atoms with van der Waals surface area (Å²) in [5, 5.41) is 14.3. The second-order valence-electron chi connectivity index (χ2n) is 4.69. The van der Waals surface area contributed by atoms with Crippen molar-refractivity contribution in [3.63, 3.8) is 0 Å². The van der Waals surface area contributed by atoms with E-state index in [0.717, 1.165) is 5.56 Å². The molecule has 0 aliphatic heterocycles. The zero-order valence-electron chi connectivity index (χ0n) is 12.3. The molecule has 1 aromatic carbocycles. The van der Waals surface area contributed by atoms with Gasteiger partial charge in [-0.25, -0.2) is 4.98 Å². The van der Waals surface area contributed by atoms with Crippen molar-refractivity contribution in [2.45, 2.75) is 0 Å². The zero-order chi connectivity index (χ0) is 16.9. The number of imidazole rings is 1. The molecule has 0 bridgehead atoms. The summed E-state index contributed by atoms with van der Waals surface area (Å²) in [6.45, 7) is 0.203. The molecule has 0 saturated carbocycles. The summed E-state index contributed by atoms with van der Waals surface area (Å²) >= 11 is 0. The van der Waals surface area contributed by atoms with Crippen molar-refractivity contribution in [2.24, 2.45) is 5.11 Å². The van der Waals surface area contributed by atoms with Crippen molar-refractivity contribution in [1.29, 1.82) is 0 Å². The van der Waals surface area contributed by atoms with Crippen molar-refractivity contribution < 1.29 is 9.66 Å². The third-order valence-corrected chi connectivity index (χ3v) is 3.14. The van der Waals surface area contributed by atoms with E-state index in [1.54, 1.807) is 6.20 Å². The molecule has 2 aromatic heterocycles. The number of benzene rings is 1. The molecule has 0 radical (unpaired) electrons. The van der Waals surface area contributed by atoms with Crippen molar-refractivity contribution >= 4 is 11.5 Å². The van der Waals surface area contributed by atoms with E-state index >= 15 is 0 Å². The molecule has 120 valence electrons. The van der Waals surface area contributed by atoms with Crippen LogP contribution in [0.2, 0.25) is 0 Å². The standard InChI is InChI=1S/C14H11N7O3/c15-19-16-6-7-24-14-13-18-12(21(22)23)9-20(13)8-11(17-14)10-4-2-1-3-5-10/h1-5,8-9H,6-7H2. The Morgan fingerprint density at radius 1 is 1.29 bits per heavy atom. The lowest BCUT2D eigenvalue weighted by Crippen LogP contribution is -2.05. The van der Waals surface area contributed by atoms with Crippen LogP contribution in [0.4, 0.5) is 5.82 Å². The molecule has 0 aliphatic rings.